The Morgan fingerprint density at radius 1 is 1.45 bits per heavy atom. The summed E-state index contributed by atoms with van der Waals surface area (Å²) in [6, 6.07) is 6.33. The summed E-state index contributed by atoms with van der Waals surface area (Å²) in [5.41, 5.74) is 0.130. The Labute approximate surface area is 115 Å². The Kier molecular flexibility index (Phi) is 5.78. The maximum Gasteiger partial charge on any atom is 0.346 e. The Hall–Kier alpha value is -2.81. The van der Waals surface area contributed by atoms with Crippen molar-refractivity contribution in [3.05, 3.63) is 29.3 Å². The molecule has 0 saturated carbocycles. The molecule has 0 saturated heterocycles. The lowest BCUT2D eigenvalue weighted by Crippen LogP contribution is -2.00. The number of nitrogens with zero attached hydrogens (tertiary/aromatic N) is 1. The molecule has 0 bridgehead atoms. The van der Waals surface area contributed by atoms with E-state index in [1.165, 1.54) is 13.2 Å². The van der Waals surface area contributed by atoms with Gasteiger partial charge in [-0.15, -0.1) is 0 Å². The van der Waals surface area contributed by atoms with Crippen LogP contribution in [0.1, 0.15) is 12.0 Å². The van der Waals surface area contributed by atoms with Crippen molar-refractivity contribution in [3.63, 3.8) is 0 Å². The van der Waals surface area contributed by atoms with Crippen LogP contribution in [0.5, 0.6) is 11.5 Å². The Bertz CT molecular complexity index is 571. The number of hydrogen-bond donors (Lipinski definition) is 1. The van der Waals surface area contributed by atoms with Gasteiger partial charge in [0.1, 0.15) is 17.9 Å². The van der Waals surface area contributed by atoms with Crippen molar-refractivity contribution in [1.82, 2.24) is 0 Å². The number of hydrogen-bond acceptors (Lipinski definition) is 5. The van der Waals surface area contributed by atoms with Crippen molar-refractivity contribution in [3.8, 4) is 17.6 Å². The first-order chi connectivity index (χ1) is 9.62. The standard InChI is InChI=1S/C14H13NO5/c1-19-13-8-10(7-11(9-15)14(17)18)3-4-12(13)20-6-2-5-16/h3-5,7-8H,2,6H2,1H3,(H,17,18). The average molecular weight is 275 g/mol. The molecule has 0 atom stereocenters. The van der Waals surface area contributed by atoms with Gasteiger partial charge in [-0.25, -0.2) is 4.79 Å². The first-order valence-corrected chi connectivity index (χ1v) is 5.72. The molecule has 0 aliphatic heterocycles. The van der Waals surface area contributed by atoms with E-state index in [9.17, 15) is 9.59 Å². The highest BCUT2D eigenvalue weighted by molar-refractivity contribution is 5.96. The fourth-order valence-electron chi connectivity index (χ4n) is 1.42. The lowest BCUT2D eigenvalue weighted by Gasteiger charge is -2.10. The Morgan fingerprint density at radius 3 is 2.75 bits per heavy atom. The highest BCUT2D eigenvalue weighted by Gasteiger charge is 2.08. The van der Waals surface area contributed by atoms with Gasteiger partial charge in [0.05, 0.1) is 13.7 Å². The summed E-state index contributed by atoms with van der Waals surface area (Å²) in [5.74, 6) is -0.453. The monoisotopic (exact) mass is 275 g/mol. The summed E-state index contributed by atoms with van der Waals surface area (Å²) in [4.78, 5) is 21.0. The molecule has 0 aliphatic carbocycles. The van der Waals surface area contributed by atoms with E-state index in [4.69, 9.17) is 19.8 Å². The molecule has 0 spiro atoms. The molecule has 1 aromatic rings. The summed E-state index contributed by atoms with van der Waals surface area (Å²) in [6.45, 7) is 0.230. The smallest absolute Gasteiger partial charge is 0.346 e. The second-order valence-corrected chi connectivity index (χ2v) is 3.69. The summed E-state index contributed by atoms with van der Waals surface area (Å²) in [6.07, 6.45) is 2.25. The zero-order chi connectivity index (χ0) is 15.0. The summed E-state index contributed by atoms with van der Waals surface area (Å²) < 4.78 is 10.5. The molecule has 0 radical (unpaired) electrons. The number of aliphatic carboxylic acids is 1. The number of aldehydes is 1. The van der Waals surface area contributed by atoms with Gasteiger partial charge in [-0.05, 0) is 23.8 Å². The van der Waals surface area contributed by atoms with E-state index in [0.29, 0.717) is 17.1 Å². The minimum Gasteiger partial charge on any atom is -0.493 e. The molecule has 104 valence electrons. The van der Waals surface area contributed by atoms with Crippen LogP contribution in [0, 0.1) is 11.3 Å². The van der Waals surface area contributed by atoms with Gasteiger partial charge in [0, 0.05) is 6.42 Å². The zero-order valence-corrected chi connectivity index (χ0v) is 10.8. The third kappa shape index (κ3) is 4.14. The van der Waals surface area contributed by atoms with Crippen molar-refractivity contribution in [1.29, 1.82) is 5.26 Å². The second kappa shape index (κ2) is 7.59. The number of methoxy groups -OCH3 is 1. The van der Waals surface area contributed by atoms with Crippen LogP contribution < -0.4 is 9.47 Å². The van der Waals surface area contributed by atoms with Gasteiger partial charge in [-0.3, -0.25) is 0 Å². The van der Waals surface area contributed by atoms with E-state index in [1.54, 1.807) is 24.3 Å². The lowest BCUT2D eigenvalue weighted by molar-refractivity contribution is -0.132. The highest BCUT2D eigenvalue weighted by atomic mass is 16.5. The minimum atomic E-state index is -1.29. The number of carbonyl (C=O) groups excluding carboxylic acids is 1. The number of rotatable bonds is 7. The SMILES string of the molecule is COc1cc(C=C(C#N)C(=O)O)ccc1OCCC=O. The van der Waals surface area contributed by atoms with Gasteiger partial charge in [0.2, 0.25) is 0 Å². The minimum absolute atomic E-state index is 0.230. The quantitative estimate of drug-likeness (QED) is 0.352. The highest BCUT2D eigenvalue weighted by Crippen LogP contribution is 2.29. The maximum atomic E-state index is 10.8. The normalized spacial score (nSPS) is 10.5. The predicted molar refractivity (Wildman–Crippen MR) is 70.4 cm³/mol. The first kappa shape index (κ1) is 15.2. The lowest BCUT2D eigenvalue weighted by atomic mass is 10.1. The molecule has 20 heavy (non-hydrogen) atoms. The van der Waals surface area contributed by atoms with Crippen LogP contribution in [0.4, 0.5) is 0 Å². The van der Waals surface area contributed by atoms with E-state index < -0.39 is 5.97 Å². The third-order valence-electron chi connectivity index (χ3n) is 2.34. The molecule has 6 nitrogen and oxygen atoms in total. The summed E-state index contributed by atoms with van der Waals surface area (Å²) in [5, 5.41) is 17.5. The number of carboxylic acids is 1. The molecule has 0 aromatic heterocycles. The molecule has 1 N–H and O–H groups in total. The van der Waals surface area contributed by atoms with Crippen molar-refractivity contribution < 1.29 is 24.2 Å². The van der Waals surface area contributed by atoms with Crippen molar-refractivity contribution in [2.24, 2.45) is 0 Å². The largest absolute Gasteiger partial charge is 0.493 e. The van der Waals surface area contributed by atoms with Crippen molar-refractivity contribution in [2.45, 2.75) is 6.42 Å². The van der Waals surface area contributed by atoms with Gasteiger partial charge in [-0.2, -0.15) is 5.26 Å². The maximum absolute atomic E-state index is 10.8. The van der Waals surface area contributed by atoms with Crippen LogP contribution in [0.15, 0.2) is 23.8 Å². The Balaban J connectivity index is 3.00. The van der Waals surface area contributed by atoms with E-state index in [2.05, 4.69) is 0 Å². The molecule has 1 aromatic carbocycles. The Morgan fingerprint density at radius 2 is 2.20 bits per heavy atom. The fraction of sp³-hybridized carbons (Fsp3) is 0.214. The molecule has 0 aliphatic rings. The molecule has 6 heteroatoms. The van der Waals surface area contributed by atoms with E-state index in [1.807, 2.05) is 0 Å². The topological polar surface area (TPSA) is 96.6 Å². The van der Waals surface area contributed by atoms with Crippen LogP contribution >= 0.6 is 0 Å². The van der Waals surface area contributed by atoms with E-state index in [0.717, 1.165) is 6.29 Å². The number of carbonyl (C=O) groups is 2. The number of carboxylic acid groups (broad SMARTS) is 1. The first-order valence-electron chi connectivity index (χ1n) is 5.72. The molecule has 1 rings (SSSR count). The molecular formula is C14H13NO5. The molecule has 0 amide bonds. The number of benzene rings is 1. The van der Waals surface area contributed by atoms with Crippen LogP contribution in [0.3, 0.4) is 0 Å². The summed E-state index contributed by atoms with van der Waals surface area (Å²) in [7, 11) is 1.44. The van der Waals surface area contributed by atoms with Gasteiger partial charge in [-0.1, -0.05) is 6.07 Å². The van der Waals surface area contributed by atoms with Crippen molar-refractivity contribution in [2.75, 3.05) is 13.7 Å². The molecule has 0 heterocycles. The molecule has 0 unspecified atom stereocenters. The van der Waals surface area contributed by atoms with Gasteiger partial charge in [0.15, 0.2) is 11.5 Å². The van der Waals surface area contributed by atoms with E-state index >= 15 is 0 Å². The molecule has 0 fully saturated rings. The van der Waals surface area contributed by atoms with Gasteiger partial charge in [0.25, 0.3) is 0 Å². The van der Waals surface area contributed by atoms with Gasteiger partial charge < -0.3 is 19.4 Å². The van der Waals surface area contributed by atoms with Crippen LogP contribution in [-0.4, -0.2) is 31.1 Å². The number of ether oxygens (including phenoxy) is 2. The zero-order valence-electron chi connectivity index (χ0n) is 10.8. The third-order valence-corrected chi connectivity index (χ3v) is 2.34. The fourth-order valence-corrected chi connectivity index (χ4v) is 1.42. The average Bonchev–Trinajstić information content (AvgIpc) is 2.45. The van der Waals surface area contributed by atoms with Crippen LogP contribution in [0.25, 0.3) is 6.08 Å². The van der Waals surface area contributed by atoms with Gasteiger partial charge >= 0.3 is 5.97 Å². The van der Waals surface area contributed by atoms with Crippen LogP contribution in [0.2, 0.25) is 0 Å². The van der Waals surface area contributed by atoms with Crippen LogP contribution in [-0.2, 0) is 9.59 Å². The van der Waals surface area contributed by atoms with Crippen molar-refractivity contribution >= 4 is 18.3 Å². The molecular weight excluding hydrogens is 262 g/mol. The van der Waals surface area contributed by atoms with E-state index in [-0.39, 0.29) is 18.6 Å². The predicted octanol–water partition coefficient (Wildman–Crippen LogP) is 1.65. The summed E-state index contributed by atoms with van der Waals surface area (Å²) >= 11 is 0. The number of nitriles is 1. The second-order valence-electron chi connectivity index (χ2n) is 3.69.